The van der Waals surface area contributed by atoms with Gasteiger partial charge in [0.05, 0.1) is 22.4 Å². The minimum absolute atomic E-state index is 0.0690. The van der Waals surface area contributed by atoms with Crippen LogP contribution in [0.1, 0.15) is 105 Å². The van der Waals surface area contributed by atoms with Gasteiger partial charge >= 0.3 is 0 Å². The molecular weight excluding hydrogens is 1160 g/mol. The average Bonchev–Trinajstić information content (AvgIpc) is 1.69. The predicted octanol–water partition coefficient (Wildman–Crippen LogP) is 23.1. The zero-order valence-electron chi connectivity index (χ0n) is 56.6. The first kappa shape index (κ1) is 61.8. The fourth-order valence-corrected chi connectivity index (χ4v) is 13.0. The third-order valence-electron chi connectivity index (χ3n) is 18.4. The smallest absolute Gasteiger partial charge is 0.273 e. The van der Waals surface area contributed by atoms with Gasteiger partial charge in [0.15, 0.2) is 5.82 Å². The summed E-state index contributed by atoms with van der Waals surface area (Å²) in [5.41, 5.74) is 22.0. The first-order valence-corrected chi connectivity index (χ1v) is 33.2. The van der Waals surface area contributed by atoms with Crippen molar-refractivity contribution in [3.63, 3.8) is 0 Å². The van der Waals surface area contributed by atoms with Crippen LogP contribution in [-0.2, 0) is 21.7 Å². The molecule has 3 heterocycles. The number of hydrogen-bond acceptors (Lipinski definition) is 3. The summed E-state index contributed by atoms with van der Waals surface area (Å²) in [5.74, 6) is 2.96. The van der Waals surface area contributed by atoms with E-state index >= 15 is 0 Å². The van der Waals surface area contributed by atoms with E-state index in [1.807, 2.05) is 10.9 Å². The van der Waals surface area contributed by atoms with Crippen molar-refractivity contribution in [2.24, 2.45) is 0 Å². The second kappa shape index (κ2) is 24.3. The summed E-state index contributed by atoms with van der Waals surface area (Å²) in [6.45, 7) is 27.3. The molecule has 11 aromatic carbocycles. The molecule has 0 aliphatic carbocycles. The molecule has 0 amide bonds. The van der Waals surface area contributed by atoms with Gasteiger partial charge in [-0.15, -0.1) is 5.10 Å². The number of fused-ring (bicyclic) bond motifs is 3. The average molecular weight is 1240 g/mol. The molecule has 0 saturated heterocycles. The molecule has 0 bridgehead atoms. The van der Waals surface area contributed by atoms with E-state index in [0.717, 1.165) is 117 Å². The van der Waals surface area contributed by atoms with E-state index in [4.69, 9.17) is 14.8 Å². The van der Waals surface area contributed by atoms with E-state index < -0.39 is 0 Å². The molecule has 0 spiro atoms. The third-order valence-corrected chi connectivity index (χ3v) is 18.4. The normalized spacial score (nSPS) is 12.2. The van der Waals surface area contributed by atoms with Crippen molar-refractivity contribution >= 4 is 21.8 Å². The second-order valence-corrected chi connectivity index (χ2v) is 29.5. The highest BCUT2D eigenvalue weighted by Gasteiger charge is 2.28. The summed E-state index contributed by atoms with van der Waals surface area (Å²) >= 11 is 0. The number of pyridine rings is 1. The standard InChI is InChI=1S/C89H81N5O/c1-86(2,3)69-42-43-90-83(55-69)94-81-39-26-25-36-79(81)80-41-40-75(57-82(80)94)95-76-54-72(89(10,11)12)51-73(56-76)92-58-93(74-52-70(87(4,5)6)50-71(53-74)88(7,8)9)91-85(92)84-77(67-46-63(59-28-17-13-18-29-59)44-64(47-67)60-30-19-14-20-31-60)37-27-38-78(84)68-48-65(61-32-21-15-22-33-61)45-66(49-68)62-34-23-16-24-35-62/h13-57H,1-12H3. The molecule has 0 radical (unpaired) electrons. The SMILES string of the molecule is CC(C)(C)c1cc(Oc2ccc3c4ccccc4n(-c4cc(C(C)(C)C)ccn4)c3c2)cc(-n2[c-][n+](-c3cc(C(C)(C)C)cc(C(C)(C)C)c3)nc2-c2c(-c3cc(-c4ccccc4)cc(-c4ccccc4)c3)cccc2-c2cc(-c3ccccc3)cc(-c3ccccc3)c2)c1. The van der Waals surface area contributed by atoms with E-state index in [-0.39, 0.29) is 21.7 Å². The second-order valence-electron chi connectivity index (χ2n) is 29.5. The molecule has 6 nitrogen and oxygen atoms in total. The van der Waals surface area contributed by atoms with Gasteiger partial charge in [-0.2, -0.15) is 4.68 Å². The zero-order valence-corrected chi connectivity index (χ0v) is 56.6. The highest BCUT2D eigenvalue weighted by Crippen LogP contribution is 2.46. The van der Waals surface area contributed by atoms with Gasteiger partial charge < -0.3 is 4.74 Å². The lowest BCUT2D eigenvalue weighted by Gasteiger charge is -2.26. The summed E-state index contributed by atoms with van der Waals surface area (Å²) in [4.78, 5) is 5.01. The number of aromatic nitrogens is 5. The molecule has 95 heavy (non-hydrogen) atoms. The van der Waals surface area contributed by atoms with Gasteiger partial charge in [-0.1, -0.05) is 265 Å². The number of para-hydroxylation sites is 1. The van der Waals surface area contributed by atoms with Crippen molar-refractivity contribution in [2.75, 3.05) is 0 Å². The highest BCUT2D eigenvalue weighted by molar-refractivity contribution is 6.09. The first-order chi connectivity index (χ1) is 45.6. The van der Waals surface area contributed by atoms with Crippen LogP contribution in [0.25, 0.3) is 117 Å². The molecule has 0 saturated carbocycles. The zero-order chi connectivity index (χ0) is 66.0. The van der Waals surface area contributed by atoms with Gasteiger partial charge in [0.2, 0.25) is 0 Å². The Kier molecular flexibility index (Phi) is 15.8. The lowest BCUT2D eigenvalue weighted by molar-refractivity contribution is -0.660. The number of hydrogen-bond donors (Lipinski definition) is 0. The van der Waals surface area contributed by atoms with Crippen molar-refractivity contribution in [2.45, 2.75) is 105 Å². The molecule has 468 valence electrons. The van der Waals surface area contributed by atoms with E-state index in [2.05, 4.69) is 365 Å². The fourth-order valence-electron chi connectivity index (χ4n) is 13.0. The molecule has 6 heteroatoms. The third kappa shape index (κ3) is 12.6. The van der Waals surface area contributed by atoms with Gasteiger partial charge in [-0.3, -0.25) is 9.13 Å². The van der Waals surface area contributed by atoms with E-state index in [9.17, 15) is 0 Å². The summed E-state index contributed by atoms with van der Waals surface area (Å²) in [6.07, 6.45) is 5.91. The van der Waals surface area contributed by atoms with Crippen molar-refractivity contribution < 1.29 is 9.42 Å². The predicted molar refractivity (Wildman–Crippen MR) is 395 cm³/mol. The number of benzene rings is 11. The Morgan fingerprint density at radius 3 is 1.29 bits per heavy atom. The molecule has 14 rings (SSSR count). The lowest BCUT2D eigenvalue weighted by Crippen LogP contribution is -2.34. The Morgan fingerprint density at radius 2 is 0.800 bits per heavy atom. The molecule has 0 aliphatic rings. The van der Waals surface area contributed by atoms with Crippen LogP contribution in [0.3, 0.4) is 0 Å². The maximum atomic E-state index is 7.31. The Hall–Kier alpha value is -10.7. The van der Waals surface area contributed by atoms with Crippen molar-refractivity contribution in [1.29, 1.82) is 0 Å². The topological polar surface area (TPSA) is 48.8 Å². The van der Waals surface area contributed by atoms with Crippen molar-refractivity contribution in [3.05, 3.63) is 302 Å². The van der Waals surface area contributed by atoms with Gasteiger partial charge in [0.1, 0.15) is 17.3 Å². The van der Waals surface area contributed by atoms with Crippen LogP contribution < -0.4 is 9.42 Å². The Balaban J connectivity index is 1.06. The highest BCUT2D eigenvalue weighted by atomic mass is 16.5. The van der Waals surface area contributed by atoms with Crippen LogP contribution in [0.4, 0.5) is 0 Å². The maximum absolute atomic E-state index is 7.31. The van der Waals surface area contributed by atoms with Crippen LogP contribution in [0, 0.1) is 6.33 Å². The Bertz CT molecular complexity index is 4870. The number of nitrogens with zero attached hydrogens (tertiary/aromatic N) is 5. The molecule has 0 atom stereocenters. The monoisotopic (exact) mass is 1240 g/mol. The summed E-state index contributed by atoms with van der Waals surface area (Å²) in [5, 5.41) is 8.24. The van der Waals surface area contributed by atoms with Crippen LogP contribution in [0.15, 0.2) is 273 Å². The minimum Gasteiger partial charge on any atom is -0.458 e. The van der Waals surface area contributed by atoms with Gasteiger partial charge in [0.25, 0.3) is 6.33 Å². The van der Waals surface area contributed by atoms with Gasteiger partial charge in [-0.25, -0.2) is 4.98 Å². The molecule has 3 aromatic heterocycles. The molecular formula is C89H81N5O. The molecule has 14 aromatic rings. The molecule has 0 fully saturated rings. The Morgan fingerprint density at radius 1 is 0.347 bits per heavy atom. The largest absolute Gasteiger partial charge is 0.458 e. The van der Waals surface area contributed by atoms with Crippen LogP contribution in [0.5, 0.6) is 11.5 Å². The number of rotatable bonds is 12. The quantitative estimate of drug-likeness (QED) is 0.0905. The first-order valence-electron chi connectivity index (χ1n) is 33.2. The maximum Gasteiger partial charge on any atom is 0.273 e. The van der Waals surface area contributed by atoms with E-state index in [0.29, 0.717) is 17.3 Å². The van der Waals surface area contributed by atoms with Crippen molar-refractivity contribution in [3.8, 4) is 107 Å². The summed E-state index contributed by atoms with van der Waals surface area (Å²) < 4.78 is 13.8. The van der Waals surface area contributed by atoms with Crippen LogP contribution in [-0.4, -0.2) is 19.2 Å². The molecule has 0 N–H and O–H groups in total. The van der Waals surface area contributed by atoms with Crippen LogP contribution in [0.2, 0.25) is 0 Å². The van der Waals surface area contributed by atoms with Crippen LogP contribution >= 0.6 is 0 Å². The van der Waals surface area contributed by atoms with Crippen molar-refractivity contribution in [1.82, 2.24) is 19.2 Å². The molecule has 0 unspecified atom stereocenters. The van der Waals surface area contributed by atoms with E-state index in [1.54, 1.807) is 0 Å². The summed E-state index contributed by atoms with van der Waals surface area (Å²) in [7, 11) is 0. The Labute approximate surface area is 560 Å². The fraction of sp³-hybridized carbons (Fsp3) is 0.180. The van der Waals surface area contributed by atoms with E-state index in [1.165, 1.54) is 16.7 Å². The minimum atomic E-state index is -0.311. The number of ether oxygens (including phenoxy) is 1. The van der Waals surface area contributed by atoms with Gasteiger partial charge in [-0.05, 0) is 190 Å². The lowest BCUT2D eigenvalue weighted by atomic mass is 9.80. The summed E-state index contributed by atoms with van der Waals surface area (Å²) in [6, 6.07) is 96.8. The molecule has 0 aliphatic heterocycles. The van der Waals surface area contributed by atoms with Gasteiger partial charge in [0, 0.05) is 28.6 Å².